The average molecular weight is 363 g/mol. The third-order valence-corrected chi connectivity index (χ3v) is 4.97. The van der Waals surface area contributed by atoms with Gasteiger partial charge in [-0.1, -0.05) is 12.8 Å². The minimum atomic E-state index is -0.716. The Hall–Kier alpha value is -2.64. The maximum atomic E-state index is 13.9. The summed E-state index contributed by atoms with van der Waals surface area (Å²) in [5.74, 6) is -1.06. The van der Waals surface area contributed by atoms with Gasteiger partial charge in [0.2, 0.25) is 0 Å². The molecule has 1 spiro atoms. The Morgan fingerprint density at radius 3 is 2.73 bits per heavy atom. The number of imide groups is 1. The molecule has 140 valence electrons. The van der Waals surface area contributed by atoms with E-state index in [2.05, 4.69) is 10.6 Å². The Morgan fingerprint density at radius 1 is 1.35 bits per heavy atom. The van der Waals surface area contributed by atoms with Crippen molar-refractivity contribution in [3.8, 4) is 5.75 Å². The lowest BCUT2D eigenvalue weighted by atomic mass is 9.98. The van der Waals surface area contributed by atoms with Gasteiger partial charge in [-0.05, 0) is 31.4 Å². The molecule has 3 rings (SSSR count). The molecule has 2 N–H and O–H groups in total. The van der Waals surface area contributed by atoms with Crippen LogP contribution in [-0.2, 0) is 4.79 Å². The summed E-state index contributed by atoms with van der Waals surface area (Å²) in [4.78, 5) is 37.8. The molecule has 1 heterocycles. The maximum Gasteiger partial charge on any atom is 0.325 e. The number of halogens is 1. The standard InChI is InChI=1S/C18H22FN3O4/c1-26-12-5-6-13(14(19)11-12)15(23)20-9-4-10-22-16(24)18(21-17(22)25)7-2-3-8-18/h5-6,11H,2-4,7-10H2,1H3,(H,20,23)(H,21,25). The molecule has 1 aliphatic heterocycles. The van der Waals surface area contributed by atoms with Crippen LogP contribution in [0.4, 0.5) is 9.18 Å². The molecule has 1 aromatic rings. The van der Waals surface area contributed by atoms with Crippen LogP contribution >= 0.6 is 0 Å². The average Bonchev–Trinajstić information content (AvgIpc) is 3.18. The minimum Gasteiger partial charge on any atom is -0.497 e. The molecule has 1 saturated carbocycles. The van der Waals surface area contributed by atoms with Crippen LogP contribution in [0.2, 0.25) is 0 Å². The number of hydrogen-bond donors (Lipinski definition) is 2. The van der Waals surface area contributed by atoms with Crippen LogP contribution in [0.1, 0.15) is 42.5 Å². The van der Waals surface area contributed by atoms with Crippen molar-refractivity contribution in [1.82, 2.24) is 15.5 Å². The lowest BCUT2D eigenvalue weighted by molar-refractivity contribution is -0.131. The second-order valence-corrected chi connectivity index (χ2v) is 6.63. The van der Waals surface area contributed by atoms with Gasteiger partial charge >= 0.3 is 6.03 Å². The van der Waals surface area contributed by atoms with Gasteiger partial charge in [-0.2, -0.15) is 0 Å². The molecule has 2 aliphatic rings. The van der Waals surface area contributed by atoms with E-state index in [9.17, 15) is 18.8 Å². The molecule has 26 heavy (non-hydrogen) atoms. The Morgan fingerprint density at radius 2 is 2.08 bits per heavy atom. The van der Waals surface area contributed by atoms with E-state index in [4.69, 9.17) is 4.74 Å². The van der Waals surface area contributed by atoms with Gasteiger partial charge in [0.25, 0.3) is 11.8 Å². The van der Waals surface area contributed by atoms with Gasteiger partial charge < -0.3 is 15.4 Å². The fourth-order valence-corrected chi connectivity index (χ4v) is 3.54. The summed E-state index contributed by atoms with van der Waals surface area (Å²) < 4.78 is 18.8. The van der Waals surface area contributed by atoms with Gasteiger partial charge in [-0.15, -0.1) is 0 Å². The van der Waals surface area contributed by atoms with E-state index in [0.29, 0.717) is 25.0 Å². The Kier molecular flexibility index (Phi) is 5.11. The Labute approximate surface area is 150 Å². The molecule has 0 aromatic heterocycles. The van der Waals surface area contributed by atoms with E-state index in [-0.39, 0.29) is 30.6 Å². The molecule has 7 nitrogen and oxygen atoms in total. The van der Waals surface area contributed by atoms with Crippen molar-refractivity contribution in [2.24, 2.45) is 0 Å². The van der Waals surface area contributed by atoms with Crippen molar-refractivity contribution < 1.29 is 23.5 Å². The smallest absolute Gasteiger partial charge is 0.325 e. The predicted molar refractivity (Wildman–Crippen MR) is 91.3 cm³/mol. The molecule has 1 aromatic carbocycles. The third kappa shape index (κ3) is 3.36. The monoisotopic (exact) mass is 363 g/mol. The topological polar surface area (TPSA) is 87.7 Å². The van der Waals surface area contributed by atoms with Crippen molar-refractivity contribution in [2.45, 2.75) is 37.6 Å². The molecular weight excluding hydrogens is 341 g/mol. The number of rotatable bonds is 6. The largest absolute Gasteiger partial charge is 0.497 e. The normalized spacial score (nSPS) is 18.3. The molecule has 2 fully saturated rings. The minimum absolute atomic E-state index is 0.0781. The van der Waals surface area contributed by atoms with Crippen LogP contribution in [0.5, 0.6) is 5.75 Å². The summed E-state index contributed by atoms with van der Waals surface area (Å²) in [6.45, 7) is 0.451. The number of urea groups is 1. The Bertz CT molecular complexity index is 731. The summed E-state index contributed by atoms with van der Waals surface area (Å²) in [5, 5.41) is 5.41. The number of carbonyl (C=O) groups is 3. The highest BCUT2D eigenvalue weighted by Crippen LogP contribution is 2.34. The van der Waals surface area contributed by atoms with E-state index < -0.39 is 17.3 Å². The maximum absolute atomic E-state index is 13.9. The fourth-order valence-electron chi connectivity index (χ4n) is 3.54. The summed E-state index contributed by atoms with van der Waals surface area (Å²) >= 11 is 0. The molecule has 0 radical (unpaired) electrons. The van der Waals surface area contributed by atoms with Gasteiger partial charge in [0.15, 0.2) is 0 Å². The van der Waals surface area contributed by atoms with Gasteiger partial charge in [0, 0.05) is 19.2 Å². The second-order valence-electron chi connectivity index (χ2n) is 6.63. The van der Waals surface area contributed by atoms with E-state index in [1.165, 1.54) is 24.1 Å². The van der Waals surface area contributed by atoms with Crippen molar-refractivity contribution in [3.63, 3.8) is 0 Å². The summed E-state index contributed by atoms with van der Waals surface area (Å²) in [6.07, 6.45) is 3.63. The molecule has 0 atom stereocenters. The van der Waals surface area contributed by atoms with Crippen molar-refractivity contribution >= 4 is 17.8 Å². The number of hydrogen-bond acceptors (Lipinski definition) is 4. The molecule has 4 amide bonds. The zero-order valence-electron chi connectivity index (χ0n) is 14.6. The third-order valence-electron chi connectivity index (χ3n) is 4.97. The number of benzene rings is 1. The molecule has 0 unspecified atom stereocenters. The highest BCUT2D eigenvalue weighted by molar-refractivity contribution is 6.07. The van der Waals surface area contributed by atoms with E-state index >= 15 is 0 Å². The van der Waals surface area contributed by atoms with Gasteiger partial charge in [0.1, 0.15) is 17.1 Å². The van der Waals surface area contributed by atoms with Gasteiger partial charge in [-0.3, -0.25) is 14.5 Å². The van der Waals surface area contributed by atoms with Crippen LogP contribution in [0.15, 0.2) is 18.2 Å². The quantitative estimate of drug-likeness (QED) is 0.596. The number of carbonyl (C=O) groups excluding carboxylic acids is 3. The SMILES string of the molecule is COc1ccc(C(=O)NCCCN2C(=O)NC3(CCCC3)C2=O)c(F)c1. The summed E-state index contributed by atoms with van der Waals surface area (Å²) in [7, 11) is 1.42. The number of nitrogens with zero attached hydrogens (tertiary/aromatic N) is 1. The number of ether oxygens (including phenoxy) is 1. The van der Waals surface area contributed by atoms with Crippen LogP contribution in [0.3, 0.4) is 0 Å². The van der Waals surface area contributed by atoms with Crippen molar-refractivity contribution in [3.05, 3.63) is 29.6 Å². The number of amides is 4. The summed E-state index contributed by atoms with van der Waals surface area (Å²) in [6, 6.07) is 3.63. The number of methoxy groups -OCH3 is 1. The van der Waals surface area contributed by atoms with Gasteiger partial charge in [-0.25, -0.2) is 9.18 Å². The first kappa shape index (κ1) is 18.2. The van der Waals surface area contributed by atoms with Crippen LogP contribution in [0.25, 0.3) is 0 Å². The zero-order chi connectivity index (χ0) is 18.7. The molecule has 1 saturated heterocycles. The van der Waals surface area contributed by atoms with Crippen LogP contribution < -0.4 is 15.4 Å². The lowest BCUT2D eigenvalue weighted by Gasteiger charge is -2.20. The zero-order valence-corrected chi connectivity index (χ0v) is 14.6. The number of nitrogens with one attached hydrogen (secondary N) is 2. The highest BCUT2D eigenvalue weighted by Gasteiger charge is 2.51. The first-order chi connectivity index (χ1) is 12.5. The summed E-state index contributed by atoms with van der Waals surface area (Å²) in [5.41, 5.74) is -0.794. The van der Waals surface area contributed by atoms with Crippen LogP contribution in [0, 0.1) is 5.82 Å². The predicted octanol–water partition coefficient (Wildman–Crippen LogP) is 1.82. The fraction of sp³-hybridized carbons (Fsp3) is 0.500. The highest BCUT2D eigenvalue weighted by atomic mass is 19.1. The molecule has 8 heteroatoms. The molecule has 0 bridgehead atoms. The van der Waals surface area contributed by atoms with Crippen LogP contribution in [-0.4, -0.2) is 48.5 Å². The van der Waals surface area contributed by atoms with Crippen molar-refractivity contribution in [2.75, 3.05) is 20.2 Å². The molecule has 1 aliphatic carbocycles. The van der Waals surface area contributed by atoms with Gasteiger partial charge in [0.05, 0.1) is 12.7 Å². The Balaban J connectivity index is 1.49. The molecular formula is C18H22FN3O4. The second kappa shape index (κ2) is 7.31. The van der Waals surface area contributed by atoms with E-state index in [1.54, 1.807) is 0 Å². The first-order valence-corrected chi connectivity index (χ1v) is 8.73. The first-order valence-electron chi connectivity index (χ1n) is 8.73. The van der Waals surface area contributed by atoms with E-state index in [0.717, 1.165) is 18.9 Å². The van der Waals surface area contributed by atoms with E-state index in [1.807, 2.05) is 0 Å². The lowest BCUT2D eigenvalue weighted by Crippen LogP contribution is -2.44. The van der Waals surface area contributed by atoms with Crippen molar-refractivity contribution in [1.29, 1.82) is 0 Å².